The van der Waals surface area contributed by atoms with Gasteiger partial charge in [0.1, 0.15) is 5.70 Å². The van der Waals surface area contributed by atoms with Gasteiger partial charge in [-0.1, -0.05) is 48.0 Å². The highest BCUT2D eigenvalue weighted by Gasteiger charge is 2.34. The molecule has 5 nitrogen and oxygen atoms in total. The van der Waals surface area contributed by atoms with E-state index in [9.17, 15) is 9.59 Å². The Bertz CT molecular complexity index is 1090. The Morgan fingerprint density at radius 1 is 0.964 bits per heavy atom. The number of aryl methyl sites for hydroxylation is 1. The van der Waals surface area contributed by atoms with E-state index in [1.807, 2.05) is 66.1 Å². The van der Waals surface area contributed by atoms with Crippen molar-refractivity contribution in [2.75, 3.05) is 0 Å². The van der Waals surface area contributed by atoms with Gasteiger partial charge in [-0.3, -0.25) is 9.69 Å². The highest BCUT2D eigenvalue weighted by Crippen LogP contribution is 2.23. The minimum absolute atomic E-state index is 0.125. The lowest BCUT2D eigenvalue weighted by Crippen LogP contribution is -2.30. The Hall–Kier alpha value is -3.31. The number of carbonyl (C=O) groups is 2. The molecule has 3 aromatic rings. The fraction of sp³-hybridized carbons (Fsp3) is 0.0909. The second kappa shape index (κ2) is 7.37. The van der Waals surface area contributed by atoms with Crippen LogP contribution in [0.2, 0.25) is 5.02 Å². The fourth-order valence-electron chi connectivity index (χ4n) is 3.26. The SMILES string of the molecule is Cc1ccc(/C=C2\NC(=O)N(Cc3ccccc3Cl)C2=O)n1-c1ccccc1. The summed E-state index contributed by atoms with van der Waals surface area (Å²) in [5, 5.41) is 3.19. The zero-order chi connectivity index (χ0) is 19.7. The third-order valence-corrected chi connectivity index (χ3v) is 5.03. The van der Waals surface area contributed by atoms with Gasteiger partial charge in [0.2, 0.25) is 0 Å². The third-order valence-electron chi connectivity index (χ3n) is 4.66. The fourth-order valence-corrected chi connectivity index (χ4v) is 3.46. The molecule has 3 amide bonds. The predicted molar refractivity (Wildman–Crippen MR) is 109 cm³/mol. The topological polar surface area (TPSA) is 54.3 Å². The summed E-state index contributed by atoms with van der Waals surface area (Å²) >= 11 is 6.17. The Morgan fingerprint density at radius 3 is 2.43 bits per heavy atom. The molecule has 1 aliphatic heterocycles. The van der Waals surface area contributed by atoms with Crippen molar-refractivity contribution >= 4 is 29.6 Å². The Balaban J connectivity index is 1.65. The predicted octanol–water partition coefficient (Wildman–Crippen LogP) is 4.53. The van der Waals surface area contributed by atoms with Crippen molar-refractivity contribution in [2.45, 2.75) is 13.5 Å². The van der Waals surface area contributed by atoms with E-state index < -0.39 is 6.03 Å². The molecule has 1 aromatic heterocycles. The van der Waals surface area contributed by atoms with Crippen molar-refractivity contribution in [2.24, 2.45) is 0 Å². The third kappa shape index (κ3) is 3.32. The smallest absolute Gasteiger partial charge is 0.314 e. The summed E-state index contributed by atoms with van der Waals surface area (Å²) in [7, 11) is 0. The number of benzene rings is 2. The molecule has 1 fully saturated rings. The van der Waals surface area contributed by atoms with Crippen molar-refractivity contribution in [1.29, 1.82) is 0 Å². The van der Waals surface area contributed by atoms with Crippen LogP contribution in [0.4, 0.5) is 4.79 Å². The van der Waals surface area contributed by atoms with Crippen LogP contribution in [0.3, 0.4) is 0 Å². The van der Waals surface area contributed by atoms with Crippen LogP contribution in [0.25, 0.3) is 11.8 Å². The number of urea groups is 1. The number of hydrogen-bond donors (Lipinski definition) is 1. The van der Waals surface area contributed by atoms with Crippen molar-refractivity contribution < 1.29 is 9.59 Å². The van der Waals surface area contributed by atoms with Gasteiger partial charge in [0.15, 0.2) is 0 Å². The lowest BCUT2D eigenvalue weighted by Gasteiger charge is -2.13. The van der Waals surface area contributed by atoms with Crippen LogP contribution in [0.15, 0.2) is 72.4 Å². The second-order valence-electron chi connectivity index (χ2n) is 6.54. The Kier molecular flexibility index (Phi) is 4.75. The molecule has 0 saturated carbocycles. The number of nitrogens with zero attached hydrogens (tertiary/aromatic N) is 2. The quantitative estimate of drug-likeness (QED) is 0.524. The monoisotopic (exact) mass is 391 g/mol. The number of nitrogens with one attached hydrogen (secondary N) is 1. The van der Waals surface area contributed by atoms with Gasteiger partial charge in [-0.2, -0.15) is 0 Å². The highest BCUT2D eigenvalue weighted by atomic mass is 35.5. The molecule has 0 aliphatic carbocycles. The zero-order valence-electron chi connectivity index (χ0n) is 15.2. The van der Waals surface area contributed by atoms with Crippen LogP contribution in [-0.2, 0) is 11.3 Å². The Labute approximate surface area is 167 Å². The summed E-state index contributed by atoms with van der Waals surface area (Å²) in [6, 6.07) is 20.5. The molecule has 0 atom stereocenters. The molecule has 1 saturated heterocycles. The second-order valence-corrected chi connectivity index (χ2v) is 6.95. The summed E-state index contributed by atoms with van der Waals surface area (Å²) < 4.78 is 2.03. The number of carbonyl (C=O) groups excluding carboxylic acids is 2. The van der Waals surface area contributed by atoms with Crippen LogP contribution >= 0.6 is 11.6 Å². The van der Waals surface area contributed by atoms with Crippen LogP contribution in [0.5, 0.6) is 0 Å². The van der Waals surface area contributed by atoms with E-state index in [-0.39, 0.29) is 18.1 Å². The van der Waals surface area contributed by atoms with Gasteiger partial charge < -0.3 is 9.88 Å². The van der Waals surface area contributed by atoms with Crippen LogP contribution in [0.1, 0.15) is 17.0 Å². The van der Waals surface area contributed by atoms with Crippen molar-refractivity contribution in [3.63, 3.8) is 0 Å². The average Bonchev–Trinajstić information content (AvgIpc) is 3.18. The number of rotatable bonds is 4. The molecule has 0 radical (unpaired) electrons. The lowest BCUT2D eigenvalue weighted by atomic mass is 10.2. The maximum absolute atomic E-state index is 12.8. The molecule has 4 rings (SSSR count). The molecular weight excluding hydrogens is 374 g/mol. The molecule has 6 heteroatoms. The van der Waals surface area contributed by atoms with E-state index in [4.69, 9.17) is 11.6 Å². The number of para-hydroxylation sites is 1. The number of hydrogen-bond acceptors (Lipinski definition) is 2. The number of amides is 3. The first-order valence-electron chi connectivity index (χ1n) is 8.86. The maximum Gasteiger partial charge on any atom is 0.329 e. The van der Waals surface area contributed by atoms with E-state index in [0.29, 0.717) is 5.02 Å². The van der Waals surface area contributed by atoms with E-state index in [0.717, 1.165) is 27.5 Å². The highest BCUT2D eigenvalue weighted by molar-refractivity contribution is 6.31. The van der Waals surface area contributed by atoms with Crippen molar-refractivity contribution in [3.05, 3.63) is 94.4 Å². The first-order chi connectivity index (χ1) is 13.5. The molecule has 28 heavy (non-hydrogen) atoms. The first kappa shape index (κ1) is 18.1. The number of halogens is 1. The molecule has 140 valence electrons. The molecule has 0 bridgehead atoms. The molecule has 1 N–H and O–H groups in total. The largest absolute Gasteiger partial charge is 0.329 e. The first-order valence-corrected chi connectivity index (χ1v) is 9.24. The summed E-state index contributed by atoms with van der Waals surface area (Å²) in [4.78, 5) is 26.3. The van der Waals surface area contributed by atoms with Crippen molar-refractivity contribution in [1.82, 2.24) is 14.8 Å². The minimum Gasteiger partial charge on any atom is -0.314 e. The van der Waals surface area contributed by atoms with Gasteiger partial charge in [0.05, 0.1) is 6.54 Å². The summed E-state index contributed by atoms with van der Waals surface area (Å²) in [6.07, 6.45) is 1.70. The Morgan fingerprint density at radius 2 is 1.68 bits per heavy atom. The molecular formula is C22H18ClN3O2. The van der Waals surface area contributed by atoms with Crippen LogP contribution in [-0.4, -0.2) is 21.4 Å². The number of imide groups is 1. The molecule has 2 heterocycles. The number of aromatic nitrogens is 1. The standard InChI is InChI=1S/C22H18ClN3O2/c1-15-11-12-18(26(15)17-8-3-2-4-9-17)13-20-21(27)25(22(28)24-20)14-16-7-5-6-10-19(16)23/h2-13H,14H2,1H3,(H,24,28)/b20-13-. The normalized spacial score (nSPS) is 15.4. The van der Waals surface area contributed by atoms with Gasteiger partial charge in [-0.05, 0) is 48.9 Å². The average molecular weight is 392 g/mol. The maximum atomic E-state index is 12.8. The summed E-state index contributed by atoms with van der Waals surface area (Å²) in [5.74, 6) is -0.372. The molecule has 0 unspecified atom stereocenters. The zero-order valence-corrected chi connectivity index (χ0v) is 16.0. The van der Waals surface area contributed by atoms with Gasteiger partial charge in [-0.25, -0.2) is 4.79 Å². The lowest BCUT2D eigenvalue weighted by molar-refractivity contribution is -0.123. The van der Waals surface area contributed by atoms with E-state index in [1.54, 1.807) is 18.2 Å². The van der Waals surface area contributed by atoms with Gasteiger partial charge >= 0.3 is 6.03 Å². The van der Waals surface area contributed by atoms with Crippen LogP contribution in [0, 0.1) is 6.92 Å². The molecule has 0 spiro atoms. The van der Waals surface area contributed by atoms with E-state index in [1.165, 1.54) is 0 Å². The minimum atomic E-state index is -0.453. The van der Waals surface area contributed by atoms with Gasteiger partial charge in [0, 0.05) is 22.1 Å². The van der Waals surface area contributed by atoms with Crippen LogP contribution < -0.4 is 5.32 Å². The summed E-state index contributed by atoms with van der Waals surface area (Å²) in [6.45, 7) is 2.12. The van der Waals surface area contributed by atoms with E-state index >= 15 is 0 Å². The van der Waals surface area contributed by atoms with E-state index in [2.05, 4.69) is 5.32 Å². The van der Waals surface area contributed by atoms with Gasteiger partial charge in [0.25, 0.3) is 5.91 Å². The molecule has 1 aliphatic rings. The van der Waals surface area contributed by atoms with Gasteiger partial charge in [-0.15, -0.1) is 0 Å². The summed E-state index contributed by atoms with van der Waals surface area (Å²) in [5.41, 5.74) is 3.79. The molecule has 2 aromatic carbocycles. The van der Waals surface area contributed by atoms with Crippen molar-refractivity contribution in [3.8, 4) is 5.69 Å².